The molecule has 0 radical (unpaired) electrons. The van der Waals surface area contributed by atoms with Crippen molar-refractivity contribution in [2.75, 3.05) is 0 Å². The molecule has 6 nitrogen and oxygen atoms in total. The first-order chi connectivity index (χ1) is 8.49. The van der Waals surface area contributed by atoms with Crippen LogP contribution in [-0.4, -0.2) is 19.8 Å². The molecule has 1 N–H and O–H groups in total. The molecule has 18 heavy (non-hydrogen) atoms. The van der Waals surface area contributed by atoms with Gasteiger partial charge in [-0.25, -0.2) is 4.68 Å². The van der Waals surface area contributed by atoms with E-state index in [0.717, 1.165) is 0 Å². The topological polar surface area (TPSA) is 81.2 Å². The molecule has 1 atom stereocenters. The van der Waals surface area contributed by atoms with Gasteiger partial charge >= 0.3 is 0 Å². The minimum atomic E-state index is -0.765. The van der Waals surface area contributed by atoms with Crippen LogP contribution in [0.15, 0.2) is 30.6 Å². The highest BCUT2D eigenvalue weighted by molar-refractivity contribution is 6.30. The van der Waals surface area contributed by atoms with Crippen molar-refractivity contribution >= 4 is 17.3 Å². The summed E-state index contributed by atoms with van der Waals surface area (Å²) < 4.78 is 1.33. The summed E-state index contributed by atoms with van der Waals surface area (Å²) in [5, 5.41) is 24.8. The average Bonchev–Trinajstić information content (AvgIpc) is 2.74. The second kappa shape index (κ2) is 4.75. The van der Waals surface area contributed by atoms with Crippen LogP contribution in [0, 0.1) is 10.1 Å². The van der Waals surface area contributed by atoms with Gasteiger partial charge in [0.2, 0.25) is 0 Å². The summed E-state index contributed by atoms with van der Waals surface area (Å²) in [4.78, 5) is 10.5. The van der Waals surface area contributed by atoms with Gasteiger partial charge in [0.1, 0.15) is 5.69 Å². The molecule has 0 amide bonds. The first-order valence-electron chi connectivity index (χ1n) is 5.16. The van der Waals surface area contributed by atoms with Crippen molar-refractivity contribution in [2.45, 2.75) is 13.0 Å². The molecule has 1 aromatic heterocycles. The molecule has 0 aliphatic carbocycles. The Morgan fingerprint density at radius 1 is 1.56 bits per heavy atom. The van der Waals surface area contributed by atoms with E-state index in [-0.39, 0.29) is 5.69 Å². The Labute approximate surface area is 108 Å². The van der Waals surface area contributed by atoms with Crippen LogP contribution in [0.3, 0.4) is 0 Å². The minimum Gasteiger partial charge on any atom is -0.389 e. The molecule has 0 saturated heterocycles. The van der Waals surface area contributed by atoms with Crippen LogP contribution in [0.4, 0.5) is 5.69 Å². The third-order valence-corrected chi connectivity index (χ3v) is 2.67. The molecule has 0 bridgehead atoms. The van der Waals surface area contributed by atoms with Crippen LogP contribution in [0.25, 0.3) is 5.69 Å². The van der Waals surface area contributed by atoms with E-state index >= 15 is 0 Å². The number of aromatic nitrogens is 2. The van der Waals surface area contributed by atoms with Gasteiger partial charge in [0.15, 0.2) is 0 Å². The van der Waals surface area contributed by atoms with Gasteiger partial charge in [-0.1, -0.05) is 17.7 Å². The van der Waals surface area contributed by atoms with Gasteiger partial charge in [0.25, 0.3) is 5.69 Å². The highest BCUT2D eigenvalue weighted by atomic mass is 35.5. The number of aliphatic hydroxyl groups is 1. The average molecular weight is 268 g/mol. The Morgan fingerprint density at radius 2 is 2.28 bits per heavy atom. The van der Waals surface area contributed by atoms with Crippen molar-refractivity contribution in [1.82, 2.24) is 9.78 Å². The summed E-state index contributed by atoms with van der Waals surface area (Å²) in [6.45, 7) is 1.55. The van der Waals surface area contributed by atoms with Crippen molar-refractivity contribution in [2.24, 2.45) is 0 Å². The fraction of sp³-hybridized carbons (Fsp3) is 0.182. The summed E-state index contributed by atoms with van der Waals surface area (Å²) >= 11 is 5.73. The Balaban J connectivity index is 2.57. The van der Waals surface area contributed by atoms with E-state index < -0.39 is 11.0 Å². The van der Waals surface area contributed by atoms with E-state index in [1.54, 1.807) is 13.0 Å². The largest absolute Gasteiger partial charge is 0.389 e. The van der Waals surface area contributed by atoms with Gasteiger partial charge < -0.3 is 5.11 Å². The van der Waals surface area contributed by atoms with E-state index in [0.29, 0.717) is 16.3 Å². The highest BCUT2D eigenvalue weighted by Crippen LogP contribution is 2.27. The number of hydrogen-bond donors (Lipinski definition) is 1. The molecule has 1 heterocycles. The van der Waals surface area contributed by atoms with E-state index in [1.165, 1.54) is 29.2 Å². The molecule has 94 valence electrons. The quantitative estimate of drug-likeness (QED) is 0.684. The van der Waals surface area contributed by atoms with Crippen molar-refractivity contribution in [3.8, 4) is 5.69 Å². The number of halogens is 1. The fourth-order valence-electron chi connectivity index (χ4n) is 1.57. The maximum atomic E-state index is 11.0. The molecule has 0 aliphatic rings. The molecule has 7 heteroatoms. The van der Waals surface area contributed by atoms with Crippen molar-refractivity contribution in [1.29, 1.82) is 0 Å². The second-order valence-corrected chi connectivity index (χ2v) is 4.22. The van der Waals surface area contributed by atoms with Crippen molar-refractivity contribution in [3.63, 3.8) is 0 Å². The zero-order valence-electron chi connectivity index (χ0n) is 9.45. The van der Waals surface area contributed by atoms with Crippen LogP contribution in [-0.2, 0) is 0 Å². The van der Waals surface area contributed by atoms with Crippen LogP contribution in [0.2, 0.25) is 5.02 Å². The Hall–Kier alpha value is -1.92. The maximum absolute atomic E-state index is 11.0. The molecule has 0 unspecified atom stereocenters. The molecule has 0 spiro atoms. The monoisotopic (exact) mass is 267 g/mol. The highest BCUT2D eigenvalue weighted by Gasteiger charge is 2.18. The summed E-state index contributed by atoms with van der Waals surface area (Å²) in [7, 11) is 0. The summed E-state index contributed by atoms with van der Waals surface area (Å²) in [5.41, 5.74) is 0.646. The lowest BCUT2D eigenvalue weighted by Crippen LogP contribution is -2.02. The Bertz CT molecular complexity index is 595. The van der Waals surface area contributed by atoms with E-state index in [2.05, 4.69) is 5.10 Å². The van der Waals surface area contributed by atoms with Gasteiger partial charge in [0, 0.05) is 12.3 Å². The van der Waals surface area contributed by atoms with Crippen molar-refractivity contribution in [3.05, 3.63) is 51.3 Å². The lowest BCUT2D eigenvalue weighted by molar-refractivity contribution is -0.384. The standard InChI is InChI=1S/C11H10ClN3O3/c1-7(16)8-2-3-10(11(4-8)15(17)18)14-6-9(12)5-13-14/h2-7,16H,1H3/t7-/m0/s1. The third kappa shape index (κ3) is 2.34. The van der Waals surface area contributed by atoms with Gasteiger partial charge in [-0.3, -0.25) is 10.1 Å². The molecule has 0 saturated carbocycles. The maximum Gasteiger partial charge on any atom is 0.295 e. The lowest BCUT2D eigenvalue weighted by Gasteiger charge is -2.07. The molecule has 2 aromatic rings. The molecular formula is C11H10ClN3O3. The summed E-state index contributed by atoms with van der Waals surface area (Å²) in [6.07, 6.45) is 2.11. The van der Waals surface area contributed by atoms with E-state index in [9.17, 15) is 15.2 Å². The molecule has 0 fully saturated rings. The van der Waals surface area contributed by atoms with E-state index in [4.69, 9.17) is 11.6 Å². The predicted octanol–water partition coefficient (Wildman–Crippen LogP) is 2.49. The fourth-order valence-corrected chi connectivity index (χ4v) is 1.71. The van der Waals surface area contributed by atoms with Crippen LogP contribution < -0.4 is 0 Å². The zero-order valence-corrected chi connectivity index (χ0v) is 10.2. The first-order valence-corrected chi connectivity index (χ1v) is 5.54. The van der Waals surface area contributed by atoms with Crippen LogP contribution in [0.1, 0.15) is 18.6 Å². The van der Waals surface area contributed by atoms with Crippen molar-refractivity contribution < 1.29 is 10.0 Å². The number of benzene rings is 1. The van der Waals surface area contributed by atoms with Gasteiger partial charge in [-0.2, -0.15) is 5.10 Å². The minimum absolute atomic E-state index is 0.131. The number of rotatable bonds is 3. The lowest BCUT2D eigenvalue weighted by atomic mass is 10.1. The molecule has 1 aromatic carbocycles. The molecule has 0 aliphatic heterocycles. The smallest absolute Gasteiger partial charge is 0.295 e. The summed E-state index contributed by atoms with van der Waals surface area (Å²) in [6, 6.07) is 4.47. The normalized spacial score (nSPS) is 12.4. The Morgan fingerprint density at radius 3 is 2.78 bits per heavy atom. The van der Waals surface area contributed by atoms with Crippen LogP contribution in [0.5, 0.6) is 0 Å². The molecule has 2 rings (SSSR count). The number of nitro groups is 1. The second-order valence-electron chi connectivity index (χ2n) is 3.78. The molecular weight excluding hydrogens is 258 g/mol. The third-order valence-electron chi connectivity index (χ3n) is 2.48. The number of nitrogens with zero attached hydrogens (tertiary/aromatic N) is 3. The number of nitro benzene ring substituents is 1. The Kier molecular flexibility index (Phi) is 3.31. The van der Waals surface area contributed by atoms with Gasteiger partial charge in [0.05, 0.1) is 22.2 Å². The van der Waals surface area contributed by atoms with Crippen LogP contribution >= 0.6 is 11.6 Å². The number of hydrogen-bond acceptors (Lipinski definition) is 4. The van der Waals surface area contributed by atoms with Gasteiger partial charge in [-0.15, -0.1) is 0 Å². The van der Waals surface area contributed by atoms with Gasteiger partial charge in [-0.05, 0) is 18.6 Å². The zero-order chi connectivity index (χ0) is 13.3. The van der Waals surface area contributed by atoms with E-state index in [1.807, 2.05) is 0 Å². The number of aliphatic hydroxyl groups excluding tert-OH is 1. The first kappa shape index (κ1) is 12.5. The summed E-state index contributed by atoms with van der Waals surface area (Å²) in [5.74, 6) is 0. The predicted molar refractivity (Wildman–Crippen MR) is 65.9 cm³/mol. The SMILES string of the molecule is C[C@H](O)c1ccc(-n2cc(Cl)cn2)c([N+](=O)[O-])c1.